The van der Waals surface area contributed by atoms with Crippen LogP contribution in [0.5, 0.6) is 0 Å². The van der Waals surface area contributed by atoms with Crippen molar-refractivity contribution >= 4 is 29.2 Å². The summed E-state index contributed by atoms with van der Waals surface area (Å²) in [4.78, 5) is 11.1. The summed E-state index contributed by atoms with van der Waals surface area (Å²) in [5.74, 6) is -0.504. The second-order valence-electron chi connectivity index (χ2n) is 2.02. The highest BCUT2D eigenvalue weighted by atomic mass is 35.5. The quantitative estimate of drug-likeness (QED) is 0.548. The molecule has 0 spiro atoms. The van der Waals surface area contributed by atoms with Gasteiger partial charge in [0, 0.05) is 0 Å². The molecule has 1 aromatic carbocycles. The predicted molar refractivity (Wildman–Crippen MR) is 47.6 cm³/mol. The normalized spacial score (nSPS) is 9.50. The maximum absolute atomic E-state index is 11.1. The van der Waals surface area contributed by atoms with E-state index in [0.29, 0.717) is 10.6 Å². The lowest BCUT2D eigenvalue weighted by Crippen LogP contribution is -2.03. The fourth-order valence-corrected chi connectivity index (χ4v) is 1.07. The van der Waals surface area contributed by atoms with Gasteiger partial charge in [-0.25, -0.2) is 4.79 Å². The zero-order valence-electron chi connectivity index (χ0n) is 6.09. The van der Waals surface area contributed by atoms with Gasteiger partial charge in [0.25, 0.3) is 0 Å². The lowest BCUT2D eigenvalue weighted by Gasteiger charge is -2.01. The van der Waals surface area contributed by atoms with Gasteiger partial charge in [0.05, 0.1) is 10.6 Å². The van der Waals surface area contributed by atoms with Crippen LogP contribution in [0.1, 0.15) is 10.4 Å². The van der Waals surface area contributed by atoms with E-state index in [1.54, 1.807) is 24.3 Å². The van der Waals surface area contributed by atoms with E-state index in [1.807, 2.05) is 0 Å². The molecule has 0 unspecified atom stereocenters. The van der Waals surface area contributed by atoms with E-state index in [0.717, 1.165) is 0 Å². The van der Waals surface area contributed by atoms with Gasteiger partial charge in [0.15, 0.2) is 6.07 Å². The van der Waals surface area contributed by atoms with E-state index >= 15 is 0 Å². The van der Waals surface area contributed by atoms with E-state index in [1.165, 1.54) is 0 Å². The fourth-order valence-electron chi connectivity index (χ4n) is 0.754. The number of hydrogen-bond acceptors (Lipinski definition) is 2. The van der Waals surface area contributed by atoms with E-state index in [4.69, 9.17) is 23.2 Å². The number of alkyl halides is 1. The van der Waals surface area contributed by atoms with Gasteiger partial charge in [-0.05, 0) is 12.1 Å². The van der Waals surface area contributed by atoms with Crippen LogP contribution < -0.4 is 0 Å². The van der Waals surface area contributed by atoms with Gasteiger partial charge >= 0.3 is 5.97 Å². The molecule has 64 valence electrons. The van der Waals surface area contributed by atoms with Crippen molar-refractivity contribution in [3.8, 4) is 0 Å². The van der Waals surface area contributed by atoms with Gasteiger partial charge in [-0.3, -0.25) is 0 Å². The van der Waals surface area contributed by atoms with Crippen LogP contribution in [0.2, 0.25) is 5.02 Å². The Bertz CT molecular complexity index is 286. The van der Waals surface area contributed by atoms with E-state index in [9.17, 15) is 4.79 Å². The van der Waals surface area contributed by atoms with Crippen LogP contribution in [0.15, 0.2) is 24.3 Å². The average Bonchev–Trinajstić information content (AvgIpc) is 2.05. The second-order valence-corrected chi connectivity index (χ2v) is 2.65. The molecule has 0 atom stereocenters. The van der Waals surface area contributed by atoms with E-state index in [-0.39, 0.29) is 6.07 Å². The molecular formula is C8H6Cl2O2. The third-order valence-electron chi connectivity index (χ3n) is 1.28. The topological polar surface area (TPSA) is 26.3 Å². The third-order valence-corrected chi connectivity index (χ3v) is 1.72. The molecule has 0 saturated carbocycles. The molecule has 0 radical (unpaired) electrons. The molecular weight excluding hydrogens is 199 g/mol. The Hall–Kier alpha value is -0.730. The summed E-state index contributed by atoms with van der Waals surface area (Å²) in [5.41, 5.74) is 0.333. The first-order chi connectivity index (χ1) is 5.75. The zero-order chi connectivity index (χ0) is 8.97. The zero-order valence-corrected chi connectivity index (χ0v) is 7.60. The number of halogens is 2. The molecule has 4 heteroatoms. The van der Waals surface area contributed by atoms with Crippen LogP contribution >= 0.6 is 23.2 Å². The summed E-state index contributed by atoms with van der Waals surface area (Å²) >= 11 is 10.9. The van der Waals surface area contributed by atoms with Crippen molar-refractivity contribution in [1.29, 1.82) is 0 Å². The molecule has 1 aromatic rings. The number of benzene rings is 1. The van der Waals surface area contributed by atoms with Crippen LogP contribution in [0.3, 0.4) is 0 Å². The minimum absolute atomic E-state index is 0.163. The van der Waals surface area contributed by atoms with Crippen molar-refractivity contribution in [1.82, 2.24) is 0 Å². The average molecular weight is 205 g/mol. The lowest BCUT2D eigenvalue weighted by atomic mass is 10.2. The van der Waals surface area contributed by atoms with Gasteiger partial charge in [0.2, 0.25) is 0 Å². The Morgan fingerprint density at radius 1 is 1.42 bits per heavy atom. The maximum atomic E-state index is 11.1. The standard InChI is InChI=1S/C8H6Cl2O2/c9-5-12-8(11)6-3-1-2-4-7(6)10/h1-4H,5H2. The summed E-state index contributed by atoms with van der Waals surface area (Å²) < 4.78 is 4.55. The second kappa shape index (κ2) is 4.33. The number of ether oxygens (including phenoxy) is 1. The first kappa shape index (κ1) is 9.36. The molecule has 0 aliphatic carbocycles. The first-order valence-electron chi connectivity index (χ1n) is 3.23. The molecule has 0 amide bonds. The Balaban J connectivity index is 2.87. The third kappa shape index (κ3) is 2.13. The van der Waals surface area contributed by atoms with Crippen molar-refractivity contribution in [2.75, 3.05) is 6.07 Å². The van der Waals surface area contributed by atoms with Crippen LogP contribution in [-0.4, -0.2) is 12.0 Å². The van der Waals surface area contributed by atoms with Crippen molar-refractivity contribution in [3.05, 3.63) is 34.9 Å². The van der Waals surface area contributed by atoms with Crippen LogP contribution in [0.4, 0.5) is 0 Å². The van der Waals surface area contributed by atoms with Crippen molar-refractivity contribution < 1.29 is 9.53 Å². The number of hydrogen-bond donors (Lipinski definition) is 0. The highest BCUT2D eigenvalue weighted by molar-refractivity contribution is 6.33. The lowest BCUT2D eigenvalue weighted by molar-refractivity contribution is 0.0574. The minimum atomic E-state index is -0.504. The minimum Gasteiger partial charge on any atom is -0.446 e. The molecule has 0 aliphatic heterocycles. The van der Waals surface area contributed by atoms with E-state index < -0.39 is 5.97 Å². The van der Waals surface area contributed by atoms with Gasteiger partial charge in [-0.2, -0.15) is 0 Å². The van der Waals surface area contributed by atoms with Crippen LogP contribution in [0, 0.1) is 0 Å². The van der Waals surface area contributed by atoms with Gasteiger partial charge in [0.1, 0.15) is 0 Å². The number of esters is 1. The van der Waals surface area contributed by atoms with Gasteiger partial charge in [-0.1, -0.05) is 35.3 Å². The Morgan fingerprint density at radius 3 is 2.67 bits per heavy atom. The molecule has 12 heavy (non-hydrogen) atoms. The molecule has 0 heterocycles. The summed E-state index contributed by atoms with van der Waals surface area (Å²) in [6.07, 6.45) is 0. The number of rotatable bonds is 2. The summed E-state index contributed by atoms with van der Waals surface area (Å²) in [6, 6.07) is 6.48. The molecule has 0 bridgehead atoms. The fraction of sp³-hybridized carbons (Fsp3) is 0.125. The summed E-state index contributed by atoms with van der Waals surface area (Å²) in [6.45, 7) is 0. The van der Waals surface area contributed by atoms with Gasteiger partial charge < -0.3 is 4.74 Å². The smallest absolute Gasteiger partial charge is 0.340 e. The number of carbonyl (C=O) groups excluding carboxylic acids is 1. The monoisotopic (exact) mass is 204 g/mol. The Morgan fingerprint density at radius 2 is 2.08 bits per heavy atom. The highest BCUT2D eigenvalue weighted by Crippen LogP contribution is 2.15. The molecule has 0 fully saturated rings. The molecule has 0 saturated heterocycles. The summed E-state index contributed by atoms with van der Waals surface area (Å²) in [5, 5.41) is 0.368. The SMILES string of the molecule is O=C(OCCl)c1ccccc1Cl. The highest BCUT2D eigenvalue weighted by Gasteiger charge is 2.09. The Labute approximate surface area is 80.0 Å². The molecule has 0 aromatic heterocycles. The number of carbonyl (C=O) groups is 1. The van der Waals surface area contributed by atoms with Crippen molar-refractivity contribution in [2.45, 2.75) is 0 Å². The predicted octanol–water partition coefficient (Wildman–Crippen LogP) is 2.69. The van der Waals surface area contributed by atoms with Crippen molar-refractivity contribution in [2.24, 2.45) is 0 Å². The first-order valence-corrected chi connectivity index (χ1v) is 4.14. The van der Waals surface area contributed by atoms with Crippen molar-refractivity contribution in [3.63, 3.8) is 0 Å². The largest absolute Gasteiger partial charge is 0.446 e. The van der Waals surface area contributed by atoms with Gasteiger partial charge in [-0.15, -0.1) is 0 Å². The van der Waals surface area contributed by atoms with Crippen LogP contribution in [-0.2, 0) is 4.74 Å². The van der Waals surface area contributed by atoms with Crippen LogP contribution in [0.25, 0.3) is 0 Å². The maximum Gasteiger partial charge on any atom is 0.340 e. The summed E-state index contributed by atoms with van der Waals surface area (Å²) in [7, 11) is 0. The Kier molecular flexibility index (Phi) is 3.38. The molecule has 0 N–H and O–H groups in total. The van der Waals surface area contributed by atoms with E-state index in [2.05, 4.69) is 4.74 Å². The molecule has 0 aliphatic rings. The molecule has 1 rings (SSSR count). The molecule has 2 nitrogen and oxygen atoms in total.